The highest BCUT2D eigenvalue weighted by atomic mass is 16.5. The van der Waals surface area contributed by atoms with Crippen molar-refractivity contribution < 1.29 is 37.9 Å². The first-order valence-electron chi connectivity index (χ1n) is 49.2. The summed E-state index contributed by atoms with van der Waals surface area (Å²) in [5, 5.41) is 12.8. The van der Waals surface area contributed by atoms with Crippen LogP contribution in [0.15, 0.2) is 315 Å². The van der Waals surface area contributed by atoms with Gasteiger partial charge in [0.25, 0.3) is 0 Å². The summed E-state index contributed by atoms with van der Waals surface area (Å²) in [4.78, 5) is 37.7. The summed E-state index contributed by atoms with van der Waals surface area (Å²) in [7, 11) is 10.1. The van der Waals surface area contributed by atoms with E-state index in [9.17, 15) is 0 Å². The topological polar surface area (TPSA) is 213 Å². The van der Waals surface area contributed by atoms with Crippen molar-refractivity contribution in [1.82, 2.24) is 39.9 Å². The molecule has 0 fully saturated rings. The average molecular weight is 1890 g/mol. The second-order valence-corrected chi connectivity index (χ2v) is 36.2. The van der Waals surface area contributed by atoms with Gasteiger partial charge in [0.2, 0.25) is 0 Å². The van der Waals surface area contributed by atoms with E-state index >= 15 is 0 Å². The molecule has 710 valence electrons. The number of nitrogens with zero attached hydrogens (tertiary/aromatic N) is 4. The molecule has 22 rings (SSSR count). The molecule has 144 heavy (non-hydrogen) atoms. The van der Waals surface area contributed by atoms with Gasteiger partial charge in [0.1, 0.15) is 46.0 Å². The van der Waals surface area contributed by atoms with Crippen LogP contribution in [0.2, 0.25) is 0 Å². The van der Waals surface area contributed by atoms with Crippen LogP contribution in [0.1, 0.15) is 96.9 Å². The number of unbranched alkanes of at least 4 members (excludes halogenated alkanes) is 6. The SMILES string of the molecule is COc1ccc(-c2c3nc(c(-c4ccc(OC)cc4)c4ccc([nH]4)c(-c4ccc(OCCCCCCNc5ccc6ccccc6c5-c5c(NCCCCCCOc6ccc(-c7c8nc(c(-c9ccc(OC)cc9)c9ccc([nH]9)c(-c9ccc(OC)cc9)c9nc(c(-c%10ccc(OC)cc%10)c%10ccc7[nH]%10)C=C9)C=C8)cc6)ccc6ccccc56)cc4)c4nc(c(-c5ccc(OC)cc5)c5ccc2[nH]5)C=C4)C=C3)cc1. The smallest absolute Gasteiger partial charge is 0.119 e. The van der Waals surface area contributed by atoms with Crippen molar-refractivity contribution in [3.05, 3.63) is 361 Å². The van der Waals surface area contributed by atoms with Crippen molar-refractivity contribution in [2.24, 2.45) is 0 Å². The van der Waals surface area contributed by atoms with Gasteiger partial charge in [-0.1, -0.05) is 183 Å². The van der Waals surface area contributed by atoms with Crippen LogP contribution in [0.4, 0.5) is 11.4 Å². The van der Waals surface area contributed by atoms with Gasteiger partial charge in [0, 0.05) is 124 Å². The average Bonchev–Trinajstić information content (AvgIpc) is 1.64. The van der Waals surface area contributed by atoms with Gasteiger partial charge in [-0.3, -0.25) is 0 Å². The number of hydrogen-bond donors (Lipinski definition) is 6. The van der Waals surface area contributed by atoms with Gasteiger partial charge in [0.15, 0.2) is 0 Å². The molecule has 4 aliphatic heterocycles. The third-order valence-corrected chi connectivity index (χ3v) is 27.5. The molecule has 0 aliphatic carbocycles. The van der Waals surface area contributed by atoms with Crippen LogP contribution in [0.3, 0.4) is 0 Å². The van der Waals surface area contributed by atoms with Gasteiger partial charge in [-0.2, -0.15) is 0 Å². The number of hydrogen-bond acceptors (Lipinski definition) is 14. The lowest BCUT2D eigenvalue weighted by Gasteiger charge is -2.21. The van der Waals surface area contributed by atoms with E-state index < -0.39 is 0 Å². The molecule has 18 nitrogen and oxygen atoms in total. The highest BCUT2D eigenvalue weighted by Gasteiger charge is 2.26. The Morgan fingerprint density at radius 1 is 0.194 bits per heavy atom. The maximum atomic E-state index is 6.57. The zero-order valence-electron chi connectivity index (χ0n) is 81.2. The molecular weight excluding hydrogens is 1780 g/mol. The van der Waals surface area contributed by atoms with E-state index in [2.05, 4.69) is 322 Å². The quantitative estimate of drug-likeness (QED) is 0.0211. The van der Waals surface area contributed by atoms with E-state index in [1.807, 2.05) is 72.8 Å². The Kier molecular flexibility index (Phi) is 26.3. The molecule has 0 atom stereocenters. The number of methoxy groups -OCH3 is 6. The first-order chi connectivity index (χ1) is 71.1. The fourth-order valence-corrected chi connectivity index (χ4v) is 20.2. The molecule has 6 N–H and O–H groups in total. The standard InChI is InChI=1S/C126H108N10O8/c1-137-89-41-23-81(24-42-89)117-101-59-63-105(129-101)119(83-27-45-91(139-3)46-28-83)109-67-71-113(133-109)123(114-72-68-110(134-114)120(106-64-60-102(117)130-106)84-29-47-92(140-4)48-30-84)87-35-53-95(54-36-87)143-77-17-9-7-15-75-127-99-57-39-79-19-11-13-21-97(79)125(99)126-98-22-14-12-20-80(98)40-58-100(126)128-76-16-8-10-18-78-144-96-55-37-88(38-56-96)124-115-73-69-111(135-115)121(85-31-49-93(141-5)50-32-85)107-65-61-103(131-107)118(82-25-43-90(138-2)44-26-82)104-62-66-108(132-104)122(112-70-74-116(124)136-112)86-33-51-94(142-6)52-34-86/h11-14,19-74,127-129,131,134,136H,7-10,15-18,75-78H2,1-6H3. The van der Waals surface area contributed by atoms with Crippen LogP contribution in [-0.4, -0.2) is 109 Å². The van der Waals surface area contributed by atoms with Crippen LogP contribution in [-0.2, 0) is 0 Å². The van der Waals surface area contributed by atoms with Crippen molar-refractivity contribution in [3.63, 3.8) is 0 Å². The minimum atomic E-state index is 0.595. The summed E-state index contributed by atoms with van der Waals surface area (Å²) in [6.07, 6.45) is 24.9. The van der Waals surface area contributed by atoms with E-state index in [4.69, 9.17) is 57.8 Å². The molecule has 0 saturated carbocycles. The van der Waals surface area contributed by atoms with Crippen LogP contribution in [0.5, 0.6) is 46.0 Å². The van der Waals surface area contributed by atoms with E-state index in [0.717, 1.165) is 301 Å². The lowest BCUT2D eigenvalue weighted by atomic mass is 9.91. The lowest BCUT2D eigenvalue weighted by Crippen LogP contribution is -2.07. The summed E-state index contributed by atoms with van der Waals surface area (Å²) in [6.45, 7) is 2.84. The number of rotatable bonds is 33. The predicted octanol–water partition coefficient (Wildman–Crippen LogP) is 31.1. The molecule has 12 aromatic carbocycles. The molecule has 0 radical (unpaired) electrons. The third kappa shape index (κ3) is 18.9. The summed E-state index contributed by atoms with van der Waals surface area (Å²) >= 11 is 0. The molecule has 16 bridgehead atoms. The largest absolute Gasteiger partial charge is 0.497 e. The van der Waals surface area contributed by atoms with E-state index in [-0.39, 0.29) is 0 Å². The third-order valence-electron chi connectivity index (χ3n) is 27.5. The number of aromatic amines is 4. The molecule has 4 aliphatic rings. The summed E-state index contributed by atoms with van der Waals surface area (Å²) < 4.78 is 47.1. The van der Waals surface area contributed by atoms with Gasteiger partial charge < -0.3 is 68.5 Å². The normalized spacial score (nSPS) is 11.9. The number of aromatic nitrogens is 8. The molecule has 0 amide bonds. The molecule has 0 saturated heterocycles. The lowest BCUT2D eigenvalue weighted by molar-refractivity contribution is 0.305. The monoisotopic (exact) mass is 1890 g/mol. The fourth-order valence-electron chi connectivity index (χ4n) is 20.2. The van der Waals surface area contributed by atoms with Crippen molar-refractivity contribution in [2.75, 3.05) is 79.6 Å². The Hall–Kier alpha value is -17.6. The highest BCUT2D eigenvalue weighted by Crippen LogP contribution is 2.48. The van der Waals surface area contributed by atoms with Gasteiger partial charge in [0.05, 0.1) is 101 Å². The molecule has 18 heteroatoms. The van der Waals surface area contributed by atoms with E-state index in [0.29, 0.717) is 13.2 Å². The summed E-state index contributed by atoms with van der Waals surface area (Å²) in [5.74, 6) is 6.22. The van der Waals surface area contributed by atoms with Crippen molar-refractivity contribution in [2.45, 2.75) is 51.4 Å². The molecular formula is C126H108N10O8. The number of anilines is 2. The molecule has 0 spiro atoms. The Morgan fingerprint density at radius 2 is 0.396 bits per heavy atom. The first-order valence-corrected chi connectivity index (χ1v) is 49.2. The van der Waals surface area contributed by atoms with Gasteiger partial charge in [-0.25, -0.2) is 19.9 Å². The molecule has 6 aromatic heterocycles. The molecule has 10 heterocycles. The zero-order valence-corrected chi connectivity index (χ0v) is 81.2. The van der Waals surface area contributed by atoms with E-state index in [1.165, 1.54) is 32.7 Å². The number of nitrogens with one attached hydrogen (secondary N) is 6. The van der Waals surface area contributed by atoms with Crippen LogP contribution in [0.25, 0.3) is 214 Å². The highest BCUT2D eigenvalue weighted by molar-refractivity contribution is 6.14. The maximum absolute atomic E-state index is 6.57. The maximum Gasteiger partial charge on any atom is 0.119 e. The van der Waals surface area contributed by atoms with Gasteiger partial charge in [-0.15, -0.1) is 0 Å². The predicted molar refractivity (Wildman–Crippen MR) is 592 cm³/mol. The van der Waals surface area contributed by atoms with Crippen LogP contribution >= 0.6 is 0 Å². The minimum Gasteiger partial charge on any atom is -0.497 e. The first kappa shape index (κ1) is 91.4. The Labute approximate surface area is 836 Å². The fraction of sp³-hybridized carbons (Fsp3) is 0.143. The summed E-state index contributed by atoms with van der Waals surface area (Å²) in [5.41, 5.74) is 33.7. The number of benzene rings is 12. The van der Waals surface area contributed by atoms with Crippen molar-refractivity contribution >= 4 is 126 Å². The zero-order chi connectivity index (χ0) is 97.4. The van der Waals surface area contributed by atoms with Crippen LogP contribution < -0.4 is 48.5 Å². The molecule has 18 aromatic rings. The number of fused-ring (bicyclic) bond motifs is 18. The number of H-pyrrole nitrogens is 4. The Morgan fingerprint density at radius 3 is 0.611 bits per heavy atom. The van der Waals surface area contributed by atoms with Crippen LogP contribution in [0, 0.1) is 0 Å². The summed E-state index contributed by atoms with van der Waals surface area (Å²) in [6, 6.07) is 110. The second-order valence-electron chi connectivity index (χ2n) is 36.2. The van der Waals surface area contributed by atoms with E-state index in [1.54, 1.807) is 42.7 Å². The molecule has 0 unspecified atom stereocenters. The number of ether oxygens (including phenoxy) is 8. The van der Waals surface area contributed by atoms with Gasteiger partial charge >= 0.3 is 0 Å². The van der Waals surface area contributed by atoms with Gasteiger partial charge in [-0.05, 0) is 298 Å². The van der Waals surface area contributed by atoms with Crippen molar-refractivity contribution in [3.8, 4) is 146 Å². The Bertz CT molecular complexity index is 7760. The second kappa shape index (κ2) is 41.4. The van der Waals surface area contributed by atoms with Crippen molar-refractivity contribution in [1.29, 1.82) is 0 Å². The Balaban J connectivity index is 0.470. The minimum absolute atomic E-state index is 0.595.